The number of benzene rings is 1. The van der Waals surface area contributed by atoms with Gasteiger partial charge in [-0.25, -0.2) is 4.79 Å². The van der Waals surface area contributed by atoms with Crippen molar-refractivity contribution in [3.63, 3.8) is 0 Å². The van der Waals surface area contributed by atoms with Crippen molar-refractivity contribution in [1.29, 1.82) is 0 Å². The third kappa shape index (κ3) is 2.74. The Kier molecular flexibility index (Phi) is 4.71. The highest BCUT2D eigenvalue weighted by atomic mass is 32.2. The highest BCUT2D eigenvalue weighted by Crippen LogP contribution is 2.56. The van der Waals surface area contributed by atoms with E-state index < -0.39 is 10.8 Å². The molecular formula is C20H20N2O4S2. The maximum atomic E-state index is 13.4. The average Bonchev–Trinajstić information content (AvgIpc) is 3.26. The largest absolute Gasteiger partial charge is 0.462 e. The van der Waals surface area contributed by atoms with Crippen LogP contribution in [0.4, 0.5) is 10.7 Å². The number of hydrogen-bond acceptors (Lipinski definition) is 6. The molecular weight excluding hydrogens is 396 g/mol. The molecule has 2 aliphatic rings. The van der Waals surface area contributed by atoms with E-state index in [2.05, 4.69) is 5.32 Å². The van der Waals surface area contributed by atoms with Crippen molar-refractivity contribution in [1.82, 2.24) is 0 Å². The summed E-state index contributed by atoms with van der Waals surface area (Å²) in [6.07, 6.45) is 0.747. The molecule has 8 heteroatoms. The van der Waals surface area contributed by atoms with Crippen LogP contribution in [-0.2, 0) is 14.3 Å². The predicted octanol–water partition coefficient (Wildman–Crippen LogP) is 4.11. The number of nitrogens with one attached hydrogen (secondary N) is 1. The van der Waals surface area contributed by atoms with E-state index in [1.807, 2.05) is 38.1 Å². The maximum absolute atomic E-state index is 13.4. The molecule has 0 aliphatic carbocycles. The predicted molar refractivity (Wildman–Crippen MR) is 110 cm³/mol. The number of carbonyl (C=O) groups is 3. The molecule has 4 rings (SSSR count). The minimum absolute atomic E-state index is 0.0586. The van der Waals surface area contributed by atoms with Crippen LogP contribution in [0.25, 0.3) is 0 Å². The smallest absolute Gasteiger partial charge is 0.341 e. The van der Waals surface area contributed by atoms with Crippen molar-refractivity contribution in [3.05, 3.63) is 40.3 Å². The number of carbonyl (C=O) groups excluding carboxylic acids is 3. The first kappa shape index (κ1) is 19.0. The number of thioether (sulfide) groups is 1. The van der Waals surface area contributed by atoms with E-state index in [-0.39, 0.29) is 18.4 Å². The molecule has 0 saturated carbocycles. The third-order valence-corrected chi connectivity index (χ3v) is 7.72. The molecule has 0 bridgehead atoms. The fraction of sp³-hybridized carbons (Fsp3) is 0.350. The number of amides is 2. The van der Waals surface area contributed by atoms with Gasteiger partial charge in [-0.2, -0.15) is 0 Å². The normalized spacial score (nSPS) is 20.1. The van der Waals surface area contributed by atoms with Gasteiger partial charge in [-0.15, -0.1) is 11.3 Å². The van der Waals surface area contributed by atoms with Gasteiger partial charge >= 0.3 is 5.97 Å². The lowest BCUT2D eigenvalue weighted by atomic mass is 10.1. The maximum Gasteiger partial charge on any atom is 0.341 e. The van der Waals surface area contributed by atoms with E-state index >= 15 is 0 Å². The van der Waals surface area contributed by atoms with E-state index in [1.165, 1.54) is 23.1 Å². The molecule has 1 fully saturated rings. The number of aryl methyl sites for hydroxylation is 1. The van der Waals surface area contributed by atoms with Crippen molar-refractivity contribution in [2.75, 3.05) is 16.8 Å². The summed E-state index contributed by atoms with van der Waals surface area (Å²) >= 11 is 2.75. The molecule has 2 aromatic rings. The number of rotatable bonds is 4. The second-order valence-electron chi connectivity index (χ2n) is 6.75. The molecule has 2 amide bonds. The van der Waals surface area contributed by atoms with Crippen LogP contribution < -0.4 is 10.2 Å². The molecule has 6 nitrogen and oxygen atoms in total. The van der Waals surface area contributed by atoms with Gasteiger partial charge < -0.3 is 10.1 Å². The average molecular weight is 417 g/mol. The number of thiophene rings is 1. The molecule has 1 aromatic heterocycles. The number of para-hydroxylation sites is 1. The summed E-state index contributed by atoms with van der Waals surface area (Å²) < 4.78 is 5.17. The zero-order valence-corrected chi connectivity index (χ0v) is 17.5. The zero-order valence-electron chi connectivity index (χ0n) is 15.8. The third-order valence-electron chi connectivity index (χ3n) is 5.12. The molecule has 28 heavy (non-hydrogen) atoms. The van der Waals surface area contributed by atoms with Gasteiger partial charge in [0, 0.05) is 16.2 Å². The van der Waals surface area contributed by atoms with Crippen molar-refractivity contribution in [2.45, 2.75) is 43.4 Å². The summed E-state index contributed by atoms with van der Waals surface area (Å²) in [5.41, 5.74) is 1.97. The lowest BCUT2D eigenvalue weighted by Crippen LogP contribution is -2.49. The second kappa shape index (κ2) is 6.93. The number of nitrogens with zero attached hydrogens (tertiary/aromatic N) is 1. The molecule has 1 N–H and O–H groups in total. The van der Waals surface area contributed by atoms with Gasteiger partial charge in [0.05, 0.1) is 17.9 Å². The van der Waals surface area contributed by atoms with Crippen LogP contribution in [-0.4, -0.2) is 29.3 Å². The van der Waals surface area contributed by atoms with Crippen LogP contribution in [0, 0.1) is 13.8 Å². The summed E-state index contributed by atoms with van der Waals surface area (Å²) in [7, 11) is 0. The Morgan fingerprint density at radius 2 is 2.04 bits per heavy atom. The van der Waals surface area contributed by atoms with Gasteiger partial charge in [0.25, 0.3) is 5.91 Å². The summed E-state index contributed by atoms with van der Waals surface area (Å²) in [5, 5.41) is 3.41. The van der Waals surface area contributed by atoms with Gasteiger partial charge in [0.15, 0.2) is 4.87 Å². The Morgan fingerprint density at radius 1 is 1.29 bits per heavy atom. The number of fused-ring (bicyclic) bond motifs is 3. The highest BCUT2D eigenvalue weighted by Gasteiger charge is 2.57. The molecule has 2 aliphatic heterocycles. The lowest BCUT2D eigenvalue weighted by Gasteiger charge is -2.29. The van der Waals surface area contributed by atoms with E-state index in [4.69, 9.17) is 4.74 Å². The Labute approximate surface area is 171 Å². The van der Waals surface area contributed by atoms with Crippen LogP contribution in [0.1, 0.15) is 40.6 Å². The Bertz CT molecular complexity index is 1000. The van der Waals surface area contributed by atoms with Crippen LogP contribution >= 0.6 is 23.1 Å². The van der Waals surface area contributed by atoms with Crippen molar-refractivity contribution < 1.29 is 19.1 Å². The monoisotopic (exact) mass is 416 g/mol. The van der Waals surface area contributed by atoms with E-state index in [1.54, 1.807) is 11.8 Å². The fourth-order valence-electron chi connectivity index (χ4n) is 3.66. The first-order valence-corrected chi connectivity index (χ1v) is 10.7. The summed E-state index contributed by atoms with van der Waals surface area (Å²) in [4.78, 5) is 40.8. The highest BCUT2D eigenvalue weighted by molar-refractivity contribution is 8.02. The molecule has 0 unspecified atom stereocenters. The van der Waals surface area contributed by atoms with Crippen molar-refractivity contribution in [2.24, 2.45) is 0 Å². The Hall–Kier alpha value is -2.32. The first-order chi connectivity index (χ1) is 13.4. The molecule has 0 radical (unpaired) electrons. The van der Waals surface area contributed by atoms with E-state index in [0.717, 1.165) is 21.0 Å². The fourth-order valence-corrected chi connectivity index (χ4v) is 6.12. The summed E-state index contributed by atoms with van der Waals surface area (Å²) in [6, 6.07) is 7.55. The van der Waals surface area contributed by atoms with Crippen molar-refractivity contribution >= 4 is 51.6 Å². The number of hydrogen-bond donors (Lipinski definition) is 1. The van der Waals surface area contributed by atoms with Gasteiger partial charge in [-0.1, -0.05) is 23.9 Å². The Morgan fingerprint density at radius 3 is 2.79 bits per heavy atom. The number of ether oxygens (including phenoxy) is 1. The van der Waals surface area contributed by atoms with Crippen LogP contribution in [0.5, 0.6) is 0 Å². The molecule has 1 aromatic carbocycles. The SMILES string of the molecule is CCOC(=O)c1c(NC(=O)[C@@]23CCC(=O)N2c2ccccc2S3)sc(C)c1C. The van der Waals surface area contributed by atoms with Gasteiger partial charge in [-0.05, 0) is 44.9 Å². The van der Waals surface area contributed by atoms with E-state index in [9.17, 15) is 14.4 Å². The zero-order chi connectivity index (χ0) is 20.1. The van der Waals surface area contributed by atoms with Gasteiger partial charge in [-0.3, -0.25) is 14.5 Å². The lowest BCUT2D eigenvalue weighted by molar-refractivity contribution is -0.121. The molecule has 1 saturated heterocycles. The minimum Gasteiger partial charge on any atom is -0.462 e. The molecule has 146 valence electrons. The summed E-state index contributed by atoms with van der Waals surface area (Å²) in [5.74, 6) is -0.790. The van der Waals surface area contributed by atoms with Crippen LogP contribution in [0.15, 0.2) is 29.2 Å². The van der Waals surface area contributed by atoms with Gasteiger partial charge in [0.1, 0.15) is 5.00 Å². The second-order valence-corrected chi connectivity index (χ2v) is 9.29. The standard InChI is InChI=1S/C20H20N2O4S2/c1-4-26-18(24)16-11(2)12(3)27-17(16)21-19(25)20-10-9-15(23)22(20)13-7-5-6-8-14(13)28-20/h5-8H,4,9-10H2,1-3H3,(H,21,25)/t20-/m0/s1. The molecule has 3 heterocycles. The van der Waals surface area contributed by atoms with Crippen LogP contribution in [0.2, 0.25) is 0 Å². The molecule has 0 spiro atoms. The Balaban J connectivity index is 1.69. The van der Waals surface area contributed by atoms with Crippen LogP contribution in [0.3, 0.4) is 0 Å². The first-order valence-electron chi connectivity index (χ1n) is 9.08. The molecule has 1 atom stereocenters. The minimum atomic E-state index is -1.02. The number of esters is 1. The number of anilines is 2. The quantitative estimate of drug-likeness (QED) is 0.759. The van der Waals surface area contributed by atoms with Crippen molar-refractivity contribution in [3.8, 4) is 0 Å². The topological polar surface area (TPSA) is 75.7 Å². The van der Waals surface area contributed by atoms with E-state index in [0.29, 0.717) is 23.4 Å². The summed E-state index contributed by atoms with van der Waals surface area (Å²) in [6.45, 7) is 5.76. The van der Waals surface area contributed by atoms with Gasteiger partial charge in [0.2, 0.25) is 5.91 Å².